The molecule has 1 rings (SSSR count). The van der Waals surface area contributed by atoms with Crippen molar-refractivity contribution in [2.24, 2.45) is 0 Å². The largest absolute Gasteiger partial charge is 0.380 e. The van der Waals surface area contributed by atoms with Crippen LogP contribution in [0.25, 0.3) is 0 Å². The van der Waals surface area contributed by atoms with Crippen molar-refractivity contribution in [2.75, 3.05) is 26.3 Å². The van der Waals surface area contributed by atoms with E-state index in [4.69, 9.17) is 10.00 Å². The summed E-state index contributed by atoms with van der Waals surface area (Å²) in [7, 11) is 0. The zero-order chi connectivity index (χ0) is 9.52. The molecule has 74 valence electrons. The third kappa shape index (κ3) is 3.75. The van der Waals surface area contributed by atoms with Crippen LogP contribution >= 0.6 is 0 Å². The summed E-state index contributed by atoms with van der Waals surface area (Å²) in [6.07, 6.45) is 2.78. The SMILES string of the molecule is CC1CCOCCN1CCCC#N. The number of hydrogen-bond acceptors (Lipinski definition) is 3. The van der Waals surface area contributed by atoms with Crippen LogP contribution in [0.1, 0.15) is 26.2 Å². The lowest BCUT2D eigenvalue weighted by molar-refractivity contribution is 0.140. The van der Waals surface area contributed by atoms with Gasteiger partial charge in [0.25, 0.3) is 0 Å². The van der Waals surface area contributed by atoms with Gasteiger partial charge in [0.15, 0.2) is 0 Å². The summed E-state index contributed by atoms with van der Waals surface area (Å²) < 4.78 is 5.39. The van der Waals surface area contributed by atoms with Gasteiger partial charge in [0.2, 0.25) is 0 Å². The van der Waals surface area contributed by atoms with Gasteiger partial charge in [0, 0.05) is 25.6 Å². The minimum atomic E-state index is 0.612. The number of rotatable bonds is 3. The quantitative estimate of drug-likeness (QED) is 0.619. The molecule has 1 aliphatic rings. The van der Waals surface area contributed by atoms with Gasteiger partial charge in [-0.05, 0) is 26.3 Å². The van der Waals surface area contributed by atoms with E-state index in [0.717, 1.165) is 39.1 Å². The van der Waals surface area contributed by atoms with Crippen LogP contribution in [0.4, 0.5) is 0 Å². The summed E-state index contributed by atoms with van der Waals surface area (Å²) in [5, 5.41) is 8.42. The Morgan fingerprint density at radius 3 is 3.15 bits per heavy atom. The van der Waals surface area contributed by atoms with Crippen molar-refractivity contribution in [3.8, 4) is 6.07 Å². The molecule has 0 aromatic carbocycles. The molecule has 0 amide bonds. The Morgan fingerprint density at radius 1 is 1.54 bits per heavy atom. The topological polar surface area (TPSA) is 36.3 Å². The van der Waals surface area contributed by atoms with E-state index < -0.39 is 0 Å². The van der Waals surface area contributed by atoms with Gasteiger partial charge in [-0.3, -0.25) is 4.90 Å². The van der Waals surface area contributed by atoms with Crippen LogP contribution in [0.15, 0.2) is 0 Å². The molecule has 1 unspecified atom stereocenters. The van der Waals surface area contributed by atoms with Crippen molar-refractivity contribution >= 4 is 0 Å². The van der Waals surface area contributed by atoms with Crippen LogP contribution in [0, 0.1) is 11.3 Å². The van der Waals surface area contributed by atoms with Crippen molar-refractivity contribution in [3.63, 3.8) is 0 Å². The highest BCUT2D eigenvalue weighted by Gasteiger charge is 2.15. The third-order valence-corrected chi connectivity index (χ3v) is 2.56. The number of nitriles is 1. The molecule has 1 fully saturated rings. The van der Waals surface area contributed by atoms with Gasteiger partial charge in [-0.25, -0.2) is 0 Å². The molecule has 1 aliphatic heterocycles. The monoisotopic (exact) mass is 182 g/mol. The van der Waals surface area contributed by atoms with E-state index in [-0.39, 0.29) is 0 Å². The first kappa shape index (κ1) is 10.5. The summed E-state index contributed by atoms with van der Waals surface area (Å²) in [5.41, 5.74) is 0. The molecular weight excluding hydrogens is 164 g/mol. The molecule has 0 aromatic rings. The van der Waals surface area contributed by atoms with Crippen LogP contribution in [-0.4, -0.2) is 37.2 Å². The van der Waals surface area contributed by atoms with Crippen molar-refractivity contribution in [3.05, 3.63) is 0 Å². The van der Waals surface area contributed by atoms with Crippen LogP contribution in [0.3, 0.4) is 0 Å². The molecule has 1 atom stereocenters. The molecule has 1 saturated heterocycles. The van der Waals surface area contributed by atoms with Gasteiger partial charge in [-0.1, -0.05) is 0 Å². The van der Waals surface area contributed by atoms with Crippen molar-refractivity contribution in [1.29, 1.82) is 5.26 Å². The van der Waals surface area contributed by atoms with Gasteiger partial charge < -0.3 is 4.74 Å². The maximum atomic E-state index is 8.42. The average Bonchev–Trinajstić information content (AvgIpc) is 2.32. The lowest BCUT2D eigenvalue weighted by Crippen LogP contribution is -2.34. The maximum Gasteiger partial charge on any atom is 0.0622 e. The van der Waals surface area contributed by atoms with E-state index in [1.165, 1.54) is 0 Å². The maximum absolute atomic E-state index is 8.42. The van der Waals surface area contributed by atoms with Crippen LogP contribution < -0.4 is 0 Å². The average molecular weight is 182 g/mol. The molecule has 0 aliphatic carbocycles. The Morgan fingerprint density at radius 2 is 2.38 bits per heavy atom. The fraction of sp³-hybridized carbons (Fsp3) is 0.900. The molecule has 0 radical (unpaired) electrons. The first-order valence-corrected chi connectivity index (χ1v) is 5.03. The standard InChI is InChI=1S/C10H18N2O/c1-10-4-8-13-9-7-12(10)6-3-2-5-11/h10H,2-4,6-9H2,1H3. The number of ether oxygens (including phenoxy) is 1. The second-order valence-electron chi connectivity index (χ2n) is 3.55. The summed E-state index contributed by atoms with van der Waals surface area (Å²) in [6, 6.07) is 2.79. The molecule has 0 aromatic heterocycles. The molecule has 1 heterocycles. The first-order valence-electron chi connectivity index (χ1n) is 5.03. The second kappa shape index (κ2) is 5.95. The minimum Gasteiger partial charge on any atom is -0.380 e. The Kier molecular flexibility index (Phi) is 4.81. The highest BCUT2D eigenvalue weighted by molar-refractivity contribution is 4.74. The molecular formula is C10H18N2O. The molecule has 0 N–H and O–H groups in total. The normalized spacial score (nSPS) is 25.1. The molecule has 0 spiro atoms. The van der Waals surface area contributed by atoms with E-state index >= 15 is 0 Å². The zero-order valence-electron chi connectivity index (χ0n) is 8.33. The van der Waals surface area contributed by atoms with E-state index in [0.29, 0.717) is 12.5 Å². The summed E-state index contributed by atoms with van der Waals surface area (Å²) in [4.78, 5) is 2.42. The van der Waals surface area contributed by atoms with Crippen molar-refractivity contribution in [2.45, 2.75) is 32.2 Å². The Bertz CT molecular complexity index is 176. The third-order valence-electron chi connectivity index (χ3n) is 2.56. The molecule has 0 bridgehead atoms. The first-order chi connectivity index (χ1) is 6.34. The summed E-state index contributed by atoms with van der Waals surface area (Å²) in [5.74, 6) is 0. The van der Waals surface area contributed by atoms with Gasteiger partial charge in [0.1, 0.15) is 0 Å². The lowest BCUT2D eigenvalue weighted by Gasteiger charge is -2.25. The second-order valence-corrected chi connectivity index (χ2v) is 3.55. The fourth-order valence-corrected chi connectivity index (χ4v) is 1.63. The molecule has 3 nitrogen and oxygen atoms in total. The van der Waals surface area contributed by atoms with Crippen molar-refractivity contribution < 1.29 is 4.74 Å². The predicted octanol–water partition coefficient (Wildman–Crippen LogP) is 1.40. The fourth-order valence-electron chi connectivity index (χ4n) is 1.63. The predicted molar refractivity (Wildman–Crippen MR) is 51.3 cm³/mol. The van der Waals surface area contributed by atoms with Gasteiger partial charge >= 0.3 is 0 Å². The van der Waals surface area contributed by atoms with Crippen LogP contribution in [0.2, 0.25) is 0 Å². The zero-order valence-corrected chi connectivity index (χ0v) is 8.33. The number of nitrogens with zero attached hydrogens (tertiary/aromatic N) is 2. The summed E-state index contributed by atoms with van der Waals surface area (Å²) in [6.45, 7) is 6.03. The molecule has 13 heavy (non-hydrogen) atoms. The highest BCUT2D eigenvalue weighted by Crippen LogP contribution is 2.09. The van der Waals surface area contributed by atoms with E-state index in [1.807, 2.05) is 0 Å². The lowest BCUT2D eigenvalue weighted by atomic mass is 10.2. The minimum absolute atomic E-state index is 0.612. The molecule has 3 heteroatoms. The number of unbranched alkanes of at least 4 members (excludes halogenated alkanes) is 1. The smallest absolute Gasteiger partial charge is 0.0622 e. The Balaban J connectivity index is 2.24. The van der Waals surface area contributed by atoms with E-state index in [2.05, 4.69) is 17.9 Å². The van der Waals surface area contributed by atoms with Crippen LogP contribution in [-0.2, 0) is 4.74 Å². The highest BCUT2D eigenvalue weighted by atomic mass is 16.5. The Hall–Kier alpha value is -0.590. The van der Waals surface area contributed by atoms with Crippen molar-refractivity contribution in [1.82, 2.24) is 4.90 Å². The number of hydrogen-bond donors (Lipinski definition) is 0. The van der Waals surface area contributed by atoms with Gasteiger partial charge in [-0.2, -0.15) is 5.26 Å². The Labute approximate surface area is 80.3 Å². The van der Waals surface area contributed by atoms with E-state index in [9.17, 15) is 0 Å². The van der Waals surface area contributed by atoms with Gasteiger partial charge in [-0.15, -0.1) is 0 Å². The summed E-state index contributed by atoms with van der Waals surface area (Å²) >= 11 is 0. The van der Waals surface area contributed by atoms with Gasteiger partial charge in [0.05, 0.1) is 12.7 Å². The molecule has 0 saturated carbocycles. The van der Waals surface area contributed by atoms with Crippen LogP contribution in [0.5, 0.6) is 0 Å². The van der Waals surface area contributed by atoms with E-state index in [1.54, 1.807) is 0 Å².